The molecule has 8 nitrogen and oxygen atoms in total. The zero-order valence-corrected chi connectivity index (χ0v) is 30.3. The van der Waals surface area contributed by atoms with Gasteiger partial charge in [0.25, 0.3) is 0 Å². The maximum atomic E-state index is 13.2. The number of carboxylic acids is 1. The van der Waals surface area contributed by atoms with Crippen molar-refractivity contribution in [2.45, 2.75) is 131 Å². The Balaban J connectivity index is 0.000000524. The summed E-state index contributed by atoms with van der Waals surface area (Å²) in [6.45, 7) is 13.7. The molecule has 8 atom stereocenters. The topological polar surface area (TPSA) is 119 Å². The molecule has 0 bridgehead atoms. The first kappa shape index (κ1) is 39.5. The highest BCUT2D eigenvalue weighted by molar-refractivity contribution is 5.82. The maximum Gasteiger partial charge on any atom is 0.311 e. The predicted molar refractivity (Wildman–Crippen MR) is 188 cm³/mol. The molecular formula is C40H60O8. The number of rotatable bonds is 13. The van der Waals surface area contributed by atoms with Gasteiger partial charge in [0.05, 0.1) is 30.0 Å². The summed E-state index contributed by atoms with van der Waals surface area (Å²) in [5, 5.41) is 23.1. The number of carbonyl (C=O) groups is 3. The van der Waals surface area contributed by atoms with Crippen LogP contribution in [0.1, 0.15) is 113 Å². The third kappa shape index (κ3) is 11.6. The summed E-state index contributed by atoms with van der Waals surface area (Å²) < 4.78 is 17.2. The van der Waals surface area contributed by atoms with E-state index in [4.69, 9.17) is 14.2 Å². The minimum atomic E-state index is -1.05. The molecule has 0 aromatic heterocycles. The van der Waals surface area contributed by atoms with Crippen molar-refractivity contribution in [1.82, 2.24) is 0 Å². The van der Waals surface area contributed by atoms with E-state index in [-0.39, 0.29) is 24.2 Å². The number of aliphatic hydroxyl groups is 1. The molecule has 2 aromatic rings. The van der Waals surface area contributed by atoms with Gasteiger partial charge in [0.15, 0.2) is 0 Å². The lowest BCUT2D eigenvalue weighted by molar-refractivity contribution is -0.193. The van der Waals surface area contributed by atoms with Crippen LogP contribution in [0.3, 0.4) is 0 Å². The van der Waals surface area contributed by atoms with Gasteiger partial charge in [-0.05, 0) is 94.7 Å². The lowest BCUT2D eigenvalue weighted by Crippen LogP contribution is -2.46. The highest BCUT2D eigenvalue weighted by Crippen LogP contribution is 2.39. The molecule has 2 fully saturated rings. The Morgan fingerprint density at radius 1 is 0.917 bits per heavy atom. The van der Waals surface area contributed by atoms with Crippen LogP contribution >= 0.6 is 0 Å². The molecule has 1 aliphatic heterocycles. The van der Waals surface area contributed by atoms with Crippen LogP contribution in [0.25, 0.3) is 10.8 Å². The van der Waals surface area contributed by atoms with E-state index in [1.807, 2.05) is 34.6 Å². The number of aliphatic hydroxyl groups excluding tert-OH is 1. The van der Waals surface area contributed by atoms with E-state index in [1.165, 1.54) is 10.8 Å². The van der Waals surface area contributed by atoms with E-state index in [0.29, 0.717) is 44.6 Å². The highest BCUT2D eigenvalue weighted by atomic mass is 16.7. The number of carbonyl (C=O) groups excluding carboxylic acids is 2. The first-order valence-corrected chi connectivity index (χ1v) is 18.0. The molecule has 2 N–H and O–H groups in total. The van der Waals surface area contributed by atoms with Crippen LogP contribution in [0.15, 0.2) is 48.5 Å². The molecule has 4 rings (SSSR count). The minimum absolute atomic E-state index is 0.0403. The van der Waals surface area contributed by atoms with Gasteiger partial charge in [-0.15, -0.1) is 0 Å². The van der Waals surface area contributed by atoms with Crippen molar-refractivity contribution in [2.75, 3.05) is 6.61 Å². The molecule has 0 spiro atoms. The molecule has 1 saturated carbocycles. The summed E-state index contributed by atoms with van der Waals surface area (Å²) in [6.07, 6.45) is 5.45. The zero-order chi connectivity index (χ0) is 35.5. The summed E-state index contributed by atoms with van der Waals surface area (Å²) in [5.74, 6) is -2.37. The normalized spacial score (nSPS) is 24.6. The van der Waals surface area contributed by atoms with Crippen molar-refractivity contribution in [2.24, 2.45) is 35.0 Å². The number of hydrogen-bond donors (Lipinski definition) is 2. The summed E-state index contributed by atoms with van der Waals surface area (Å²) in [5.41, 5.74) is -1.82. The maximum absolute atomic E-state index is 13.2. The van der Waals surface area contributed by atoms with Crippen LogP contribution in [0.4, 0.5) is 0 Å². The van der Waals surface area contributed by atoms with Gasteiger partial charge in [-0.3, -0.25) is 14.4 Å². The molecule has 48 heavy (non-hydrogen) atoms. The Bertz CT molecular complexity index is 1250. The largest absolute Gasteiger partial charge is 0.481 e. The van der Waals surface area contributed by atoms with Gasteiger partial charge in [0.2, 0.25) is 6.29 Å². The fraction of sp³-hybridized carbons (Fsp3) is 0.675. The molecule has 2 aliphatic rings. The molecule has 1 saturated heterocycles. The first-order chi connectivity index (χ1) is 22.6. The Kier molecular flexibility index (Phi) is 14.9. The van der Waals surface area contributed by atoms with E-state index in [0.717, 1.165) is 25.7 Å². The number of benzene rings is 2. The molecule has 8 unspecified atom stereocenters. The van der Waals surface area contributed by atoms with Crippen molar-refractivity contribution in [3.8, 4) is 0 Å². The lowest BCUT2D eigenvalue weighted by Gasteiger charge is -2.41. The summed E-state index contributed by atoms with van der Waals surface area (Å²) in [6, 6.07) is 16.7. The first-order valence-electron chi connectivity index (χ1n) is 18.0. The van der Waals surface area contributed by atoms with Crippen LogP contribution in [0.5, 0.6) is 0 Å². The van der Waals surface area contributed by atoms with Gasteiger partial charge >= 0.3 is 17.9 Å². The average molecular weight is 669 g/mol. The van der Waals surface area contributed by atoms with Crippen LogP contribution in [-0.2, 0) is 28.6 Å². The summed E-state index contributed by atoms with van der Waals surface area (Å²) in [7, 11) is 0. The number of ether oxygens (including phenoxy) is 3. The number of hydrogen-bond acceptors (Lipinski definition) is 7. The van der Waals surface area contributed by atoms with E-state index in [1.54, 1.807) is 6.92 Å². The SMILES string of the molecule is CCC(C)(CC(CC(C)CC(C)C(=O)OC(C)(C)C1CCC(C)CC1O)C(=O)OC1CCCCO1)C(=O)O.c1ccc2ccccc2c1. The third-order valence-corrected chi connectivity index (χ3v) is 10.6. The summed E-state index contributed by atoms with van der Waals surface area (Å²) >= 11 is 0. The van der Waals surface area contributed by atoms with E-state index < -0.39 is 47.2 Å². The molecular weight excluding hydrogens is 608 g/mol. The average Bonchev–Trinajstić information content (AvgIpc) is 3.04. The van der Waals surface area contributed by atoms with Gasteiger partial charge in [0.1, 0.15) is 5.60 Å². The highest BCUT2D eigenvalue weighted by Gasteiger charge is 2.42. The van der Waals surface area contributed by atoms with Gasteiger partial charge in [-0.2, -0.15) is 0 Å². The van der Waals surface area contributed by atoms with E-state index in [2.05, 4.69) is 55.5 Å². The van der Waals surface area contributed by atoms with Crippen molar-refractivity contribution in [1.29, 1.82) is 0 Å². The van der Waals surface area contributed by atoms with Crippen LogP contribution < -0.4 is 0 Å². The van der Waals surface area contributed by atoms with Gasteiger partial charge in [-0.25, -0.2) is 0 Å². The van der Waals surface area contributed by atoms with Crippen molar-refractivity contribution in [3.05, 3.63) is 48.5 Å². The molecule has 1 heterocycles. The minimum Gasteiger partial charge on any atom is -0.481 e. The van der Waals surface area contributed by atoms with E-state index in [9.17, 15) is 24.6 Å². The van der Waals surface area contributed by atoms with Crippen molar-refractivity contribution >= 4 is 28.7 Å². The smallest absolute Gasteiger partial charge is 0.311 e. The van der Waals surface area contributed by atoms with Gasteiger partial charge < -0.3 is 24.4 Å². The monoisotopic (exact) mass is 668 g/mol. The standard InChI is InChI=1S/C30H52O8.C10H8/c1-8-30(7,28(34)35)18-22(27(33)37-25-11-9-10-14-36-25)16-20(3)15-21(4)26(32)38-29(5,6)23-13-12-19(2)17-24(23)31;1-2-6-10-8-4-3-7-9(10)5-1/h19-25,31H,8-18H2,1-7H3,(H,34,35);1-8H. The Hall–Kier alpha value is -2.97. The molecule has 0 amide bonds. The zero-order valence-electron chi connectivity index (χ0n) is 30.3. The van der Waals surface area contributed by atoms with Crippen molar-refractivity contribution in [3.63, 3.8) is 0 Å². The lowest BCUT2D eigenvalue weighted by atomic mass is 9.73. The van der Waals surface area contributed by atoms with E-state index >= 15 is 0 Å². The number of carboxylic acid groups (broad SMARTS) is 1. The van der Waals surface area contributed by atoms with Crippen LogP contribution in [-0.4, -0.2) is 52.7 Å². The third-order valence-electron chi connectivity index (χ3n) is 10.6. The second-order valence-electron chi connectivity index (χ2n) is 15.3. The predicted octanol–water partition coefficient (Wildman–Crippen LogP) is 8.57. The number of esters is 2. The van der Waals surface area contributed by atoms with Crippen LogP contribution in [0, 0.1) is 35.0 Å². The molecule has 268 valence electrons. The second-order valence-corrected chi connectivity index (χ2v) is 15.3. The number of aliphatic carboxylic acids is 1. The van der Waals surface area contributed by atoms with Gasteiger partial charge in [0, 0.05) is 12.3 Å². The fourth-order valence-electron chi connectivity index (χ4n) is 7.23. The fourth-order valence-corrected chi connectivity index (χ4v) is 7.23. The Morgan fingerprint density at radius 3 is 2.02 bits per heavy atom. The quantitative estimate of drug-likeness (QED) is 0.204. The molecule has 2 aromatic carbocycles. The summed E-state index contributed by atoms with van der Waals surface area (Å²) in [4.78, 5) is 38.3. The molecule has 0 radical (unpaired) electrons. The number of fused-ring (bicyclic) bond motifs is 1. The van der Waals surface area contributed by atoms with Crippen molar-refractivity contribution < 1.29 is 38.8 Å². The Morgan fingerprint density at radius 2 is 1.52 bits per heavy atom. The molecule has 1 aliphatic carbocycles. The molecule has 8 heteroatoms. The second kappa shape index (κ2) is 18.1. The van der Waals surface area contributed by atoms with Gasteiger partial charge in [-0.1, -0.05) is 82.6 Å². The van der Waals surface area contributed by atoms with Crippen LogP contribution in [0.2, 0.25) is 0 Å². The Labute approximate surface area is 287 Å².